The van der Waals surface area contributed by atoms with Gasteiger partial charge in [-0.3, -0.25) is 0 Å². The number of carbonyl (C=O) groups is 1. The van der Waals surface area contributed by atoms with Gasteiger partial charge in [-0.15, -0.1) is 0 Å². The first kappa shape index (κ1) is 11.9. The van der Waals surface area contributed by atoms with E-state index in [1.807, 2.05) is 31.2 Å². The number of carbonyl (C=O) groups excluding carboxylic acids is 1. The summed E-state index contributed by atoms with van der Waals surface area (Å²) in [5, 5.41) is 5.69. The molecule has 4 N–H and O–H groups in total. The largest absolute Gasteiger partial charge is 0.337 e. The van der Waals surface area contributed by atoms with Crippen LogP contribution < -0.4 is 16.4 Å². The number of rotatable bonds is 4. The quantitative estimate of drug-likeness (QED) is 0.743. The Kier molecular flexibility index (Phi) is 3.33. The second kappa shape index (κ2) is 4.75. The van der Waals surface area contributed by atoms with Crippen molar-refractivity contribution >= 4 is 11.7 Å². The third kappa shape index (κ3) is 3.20. The van der Waals surface area contributed by atoms with Crippen LogP contribution in [-0.4, -0.2) is 19.1 Å². The molecule has 1 fully saturated rings. The van der Waals surface area contributed by atoms with Gasteiger partial charge in [-0.2, -0.15) is 0 Å². The van der Waals surface area contributed by atoms with Crippen LogP contribution in [0.2, 0.25) is 0 Å². The lowest BCUT2D eigenvalue weighted by Gasteiger charge is -2.14. The zero-order valence-corrected chi connectivity index (χ0v) is 10.1. The van der Waals surface area contributed by atoms with E-state index in [4.69, 9.17) is 5.73 Å². The Bertz CT molecular complexity index is 413. The van der Waals surface area contributed by atoms with Crippen LogP contribution in [0, 0.1) is 12.3 Å². The van der Waals surface area contributed by atoms with Gasteiger partial charge in [0.05, 0.1) is 0 Å². The van der Waals surface area contributed by atoms with Crippen LogP contribution >= 0.6 is 0 Å². The maximum absolute atomic E-state index is 11.7. The van der Waals surface area contributed by atoms with Gasteiger partial charge in [0.25, 0.3) is 0 Å². The van der Waals surface area contributed by atoms with Crippen molar-refractivity contribution in [1.82, 2.24) is 5.32 Å². The Labute approximate surface area is 102 Å². The van der Waals surface area contributed by atoms with Crippen LogP contribution in [0.4, 0.5) is 10.5 Å². The van der Waals surface area contributed by atoms with Gasteiger partial charge in [0.15, 0.2) is 0 Å². The van der Waals surface area contributed by atoms with Crippen molar-refractivity contribution in [2.45, 2.75) is 19.8 Å². The van der Waals surface area contributed by atoms with Gasteiger partial charge in [0.1, 0.15) is 0 Å². The predicted octanol–water partition coefficient (Wildman–Crippen LogP) is 1.86. The topological polar surface area (TPSA) is 67.2 Å². The van der Waals surface area contributed by atoms with Crippen molar-refractivity contribution in [1.29, 1.82) is 0 Å². The molecule has 2 amide bonds. The van der Waals surface area contributed by atoms with E-state index in [1.54, 1.807) is 0 Å². The molecule has 0 spiro atoms. The van der Waals surface area contributed by atoms with Gasteiger partial charge in [0.2, 0.25) is 0 Å². The van der Waals surface area contributed by atoms with Crippen molar-refractivity contribution in [3.05, 3.63) is 29.8 Å². The highest BCUT2D eigenvalue weighted by Gasteiger charge is 2.41. The van der Waals surface area contributed by atoms with E-state index in [0.29, 0.717) is 13.1 Å². The number of aryl methyl sites for hydroxylation is 1. The molecule has 0 unspecified atom stereocenters. The number of hydrogen-bond donors (Lipinski definition) is 3. The summed E-state index contributed by atoms with van der Waals surface area (Å²) >= 11 is 0. The zero-order chi connectivity index (χ0) is 12.3. The van der Waals surface area contributed by atoms with Crippen molar-refractivity contribution < 1.29 is 4.79 Å². The van der Waals surface area contributed by atoms with Crippen molar-refractivity contribution in [2.75, 3.05) is 18.4 Å². The Hall–Kier alpha value is -1.55. The molecule has 0 heterocycles. The summed E-state index contributed by atoms with van der Waals surface area (Å²) in [7, 11) is 0. The fraction of sp³-hybridized carbons (Fsp3) is 0.462. The van der Waals surface area contributed by atoms with Crippen molar-refractivity contribution in [2.24, 2.45) is 11.1 Å². The first-order valence-electron chi connectivity index (χ1n) is 5.95. The maximum atomic E-state index is 11.7. The summed E-state index contributed by atoms with van der Waals surface area (Å²) in [6.45, 7) is 3.32. The molecule has 4 heteroatoms. The maximum Gasteiger partial charge on any atom is 0.319 e. The lowest BCUT2D eigenvalue weighted by atomic mass is 10.1. The lowest BCUT2D eigenvalue weighted by molar-refractivity contribution is 0.249. The number of hydrogen-bond acceptors (Lipinski definition) is 2. The molecule has 0 aromatic heterocycles. The molecule has 0 bridgehead atoms. The third-order valence-electron chi connectivity index (χ3n) is 3.29. The number of amides is 2. The second-order valence-electron chi connectivity index (χ2n) is 4.88. The van der Waals surface area contributed by atoms with Gasteiger partial charge in [-0.1, -0.05) is 12.1 Å². The summed E-state index contributed by atoms with van der Waals surface area (Å²) < 4.78 is 0. The molecule has 1 aliphatic rings. The van der Waals surface area contributed by atoms with E-state index in [0.717, 1.165) is 24.1 Å². The van der Waals surface area contributed by atoms with Gasteiger partial charge in [0, 0.05) is 17.6 Å². The fourth-order valence-corrected chi connectivity index (χ4v) is 1.80. The Morgan fingerprint density at radius 1 is 1.47 bits per heavy atom. The molecule has 0 aliphatic heterocycles. The van der Waals surface area contributed by atoms with E-state index in [2.05, 4.69) is 10.6 Å². The monoisotopic (exact) mass is 233 g/mol. The molecule has 1 aliphatic carbocycles. The smallest absolute Gasteiger partial charge is 0.319 e. The highest BCUT2D eigenvalue weighted by atomic mass is 16.2. The van der Waals surface area contributed by atoms with E-state index < -0.39 is 0 Å². The van der Waals surface area contributed by atoms with Crippen LogP contribution in [0.15, 0.2) is 24.3 Å². The van der Waals surface area contributed by atoms with E-state index >= 15 is 0 Å². The molecular weight excluding hydrogens is 214 g/mol. The van der Waals surface area contributed by atoms with Gasteiger partial charge in [-0.05, 0) is 44.0 Å². The number of nitrogens with one attached hydrogen (secondary N) is 2. The van der Waals surface area contributed by atoms with E-state index in [-0.39, 0.29) is 11.4 Å². The first-order chi connectivity index (χ1) is 8.13. The van der Waals surface area contributed by atoms with Crippen molar-refractivity contribution in [3.8, 4) is 0 Å². The Morgan fingerprint density at radius 3 is 2.82 bits per heavy atom. The normalized spacial score (nSPS) is 16.4. The molecule has 1 saturated carbocycles. The first-order valence-corrected chi connectivity index (χ1v) is 5.95. The summed E-state index contributed by atoms with van der Waals surface area (Å²) in [6, 6.07) is 7.58. The zero-order valence-electron chi connectivity index (χ0n) is 10.1. The number of benzene rings is 1. The van der Waals surface area contributed by atoms with Crippen molar-refractivity contribution in [3.63, 3.8) is 0 Å². The summed E-state index contributed by atoms with van der Waals surface area (Å²) in [5.41, 5.74) is 7.77. The molecular formula is C13H19N3O. The van der Waals surface area contributed by atoms with Crippen LogP contribution in [0.5, 0.6) is 0 Å². The molecule has 1 aromatic carbocycles. The number of anilines is 1. The van der Waals surface area contributed by atoms with Gasteiger partial charge >= 0.3 is 6.03 Å². The van der Waals surface area contributed by atoms with Crippen LogP contribution in [0.3, 0.4) is 0 Å². The molecule has 2 rings (SSSR count). The fourth-order valence-electron chi connectivity index (χ4n) is 1.80. The van der Waals surface area contributed by atoms with Crippen LogP contribution in [-0.2, 0) is 0 Å². The predicted molar refractivity (Wildman–Crippen MR) is 68.9 cm³/mol. The second-order valence-corrected chi connectivity index (χ2v) is 4.88. The highest BCUT2D eigenvalue weighted by molar-refractivity contribution is 5.89. The Balaban J connectivity index is 1.81. The highest BCUT2D eigenvalue weighted by Crippen LogP contribution is 2.43. The minimum absolute atomic E-state index is 0.157. The summed E-state index contributed by atoms with van der Waals surface area (Å²) in [6.07, 6.45) is 2.24. The van der Waals surface area contributed by atoms with E-state index in [9.17, 15) is 4.79 Å². The molecule has 0 atom stereocenters. The van der Waals surface area contributed by atoms with Crippen LogP contribution in [0.25, 0.3) is 0 Å². The minimum Gasteiger partial charge on any atom is -0.337 e. The average molecular weight is 233 g/mol. The average Bonchev–Trinajstić information content (AvgIpc) is 3.07. The molecule has 92 valence electrons. The van der Waals surface area contributed by atoms with E-state index in [1.165, 1.54) is 0 Å². The summed E-state index contributed by atoms with van der Waals surface area (Å²) in [4.78, 5) is 11.7. The van der Waals surface area contributed by atoms with Crippen LogP contribution in [0.1, 0.15) is 18.4 Å². The lowest BCUT2D eigenvalue weighted by Crippen LogP contribution is -2.36. The number of urea groups is 1. The molecule has 17 heavy (non-hydrogen) atoms. The molecule has 0 radical (unpaired) electrons. The van der Waals surface area contributed by atoms with Gasteiger partial charge in [-0.25, -0.2) is 4.79 Å². The summed E-state index contributed by atoms with van der Waals surface area (Å²) in [5.74, 6) is 0. The molecule has 0 saturated heterocycles. The molecule has 4 nitrogen and oxygen atoms in total. The molecule has 1 aromatic rings. The van der Waals surface area contributed by atoms with Gasteiger partial charge < -0.3 is 16.4 Å². The third-order valence-corrected chi connectivity index (χ3v) is 3.29. The standard InChI is InChI=1S/C13H19N3O/c1-10-3-2-4-11(7-10)16-12(17)15-9-13(8-14)5-6-13/h2-4,7H,5-6,8-9,14H2,1H3,(H2,15,16,17). The Morgan fingerprint density at radius 2 is 2.24 bits per heavy atom. The SMILES string of the molecule is Cc1cccc(NC(=O)NCC2(CN)CC2)c1. The minimum atomic E-state index is -0.157. The number of nitrogens with two attached hydrogens (primary N) is 1.